The molecule has 0 heterocycles. The summed E-state index contributed by atoms with van der Waals surface area (Å²) in [6, 6.07) is 11.7. The topological polar surface area (TPSA) is 69.4 Å². The molecule has 2 aromatic rings. The van der Waals surface area contributed by atoms with Gasteiger partial charge in [0.05, 0.1) is 5.69 Å². The van der Waals surface area contributed by atoms with Crippen molar-refractivity contribution < 1.29 is 14.3 Å². The van der Waals surface area contributed by atoms with Gasteiger partial charge >= 0.3 is 35.5 Å². The number of rotatable bonds is 3. The van der Waals surface area contributed by atoms with Crippen molar-refractivity contribution in [2.24, 2.45) is 0 Å². The molecular formula is C15H13BrNNaO3. The van der Waals surface area contributed by atoms with Crippen molar-refractivity contribution in [2.45, 2.75) is 6.92 Å². The first kappa shape index (κ1) is 17.9. The summed E-state index contributed by atoms with van der Waals surface area (Å²) in [4.78, 5) is 23.4. The van der Waals surface area contributed by atoms with Gasteiger partial charge in [0.25, 0.3) is 0 Å². The summed E-state index contributed by atoms with van der Waals surface area (Å²) in [7, 11) is 0. The molecule has 0 saturated carbocycles. The predicted octanol–water partition coefficient (Wildman–Crippen LogP) is 2.54. The van der Waals surface area contributed by atoms with Gasteiger partial charge in [-0.1, -0.05) is 22.0 Å². The van der Waals surface area contributed by atoms with E-state index in [-0.39, 0.29) is 46.8 Å². The van der Waals surface area contributed by atoms with Gasteiger partial charge in [-0.25, -0.2) is 0 Å². The minimum atomic E-state index is -0.482. The second-order valence-electron chi connectivity index (χ2n) is 4.15. The minimum absolute atomic E-state index is 0. The Labute approximate surface area is 153 Å². The molecule has 2 N–H and O–H groups in total. The molecule has 21 heavy (non-hydrogen) atoms. The molecule has 0 atom stereocenters. The number of anilines is 1. The maximum atomic E-state index is 12.4. The van der Waals surface area contributed by atoms with Gasteiger partial charge in [-0.15, -0.1) is 0 Å². The van der Waals surface area contributed by atoms with Crippen LogP contribution >= 0.6 is 15.9 Å². The van der Waals surface area contributed by atoms with Gasteiger partial charge in [-0.3, -0.25) is 9.59 Å². The quantitative estimate of drug-likeness (QED) is 0.301. The number of hydrogen-bond donors (Lipinski definition) is 1. The molecule has 0 aromatic heterocycles. The molecule has 6 heteroatoms. The number of benzene rings is 2. The molecule has 0 aliphatic rings. The number of ketones is 1. The van der Waals surface area contributed by atoms with Gasteiger partial charge in [0, 0.05) is 22.5 Å². The molecule has 2 rings (SSSR count). The number of halogens is 1. The molecule has 104 valence electrons. The Kier molecular flexibility index (Phi) is 6.61. The van der Waals surface area contributed by atoms with E-state index >= 15 is 0 Å². The number of esters is 1. The van der Waals surface area contributed by atoms with Crippen molar-refractivity contribution in [1.82, 2.24) is 0 Å². The fourth-order valence-corrected chi connectivity index (χ4v) is 2.01. The first-order valence-electron chi connectivity index (χ1n) is 5.86. The molecule has 0 aliphatic carbocycles. The molecular weight excluding hydrogens is 345 g/mol. The molecule has 4 nitrogen and oxygen atoms in total. The maximum absolute atomic E-state index is 12.4. The fourth-order valence-electron chi connectivity index (χ4n) is 1.74. The van der Waals surface area contributed by atoms with Crippen LogP contribution in [0, 0.1) is 0 Å². The fraction of sp³-hybridized carbons (Fsp3) is 0.0667. The van der Waals surface area contributed by atoms with Crippen molar-refractivity contribution in [3.8, 4) is 5.75 Å². The van der Waals surface area contributed by atoms with Crippen molar-refractivity contribution >= 4 is 62.9 Å². The number of para-hydroxylation sites is 1. The van der Waals surface area contributed by atoms with Gasteiger partial charge in [0.2, 0.25) is 0 Å². The summed E-state index contributed by atoms with van der Waals surface area (Å²) in [5, 5.41) is 0. The summed E-state index contributed by atoms with van der Waals surface area (Å²) in [6.07, 6.45) is 0. The standard InChI is InChI=1S/C15H12BrNO3.Na.H/c1-9(18)20-13-4-2-3-12(14(13)17)15(19)10-5-7-11(16)8-6-10;;/h2-8H,17H2,1H3;;. The van der Waals surface area contributed by atoms with Crippen LogP contribution in [0.4, 0.5) is 5.69 Å². The zero-order valence-electron chi connectivity index (χ0n) is 10.7. The van der Waals surface area contributed by atoms with Crippen molar-refractivity contribution in [2.75, 3.05) is 5.73 Å². The average Bonchev–Trinajstić information content (AvgIpc) is 2.41. The normalized spacial score (nSPS) is 9.62. The van der Waals surface area contributed by atoms with E-state index in [4.69, 9.17) is 10.5 Å². The van der Waals surface area contributed by atoms with E-state index in [0.29, 0.717) is 11.1 Å². The van der Waals surface area contributed by atoms with Gasteiger partial charge in [-0.05, 0) is 36.4 Å². The average molecular weight is 358 g/mol. The Morgan fingerprint density at radius 1 is 1.10 bits per heavy atom. The van der Waals surface area contributed by atoms with Gasteiger partial charge in [-0.2, -0.15) is 0 Å². The third kappa shape index (κ3) is 4.41. The summed E-state index contributed by atoms with van der Waals surface area (Å²) in [5.41, 5.74) is 6.88. The number of ether oxygens (including phenoxy) is 1. The van der Waals surface area contributed by atoms with Crippen LogP contribution in [-0.2, 0) is 4.79 Å². The Balaban J connectivity index is 0.00000220. The molecule has 0 bridgehead atoms. The van der Waals surface area contributed by atoms with Crippen molar-refractivity contribution in [3.63, 3.8) is 0 Å². The summed E-state index contributed by atoms with van der Waals surface area (Å²) >= 11 is 3.31. The molecule has 0 fully saturated rings. The molecule has 0 amide bonds. The zero-order valence-corrected chi connectivity index (χ0v) is 12.3. The van der Waals surface area contributed by atoms with Crippen LogP contribution in [-0.4, -0.2) is 41.3 Å². The number of nitrogen functional groups attached to an aromatic ring is 1. The Hall–Kier alpha value is -1.14. The van der Waals surface area contributed by atoms with E-state index < -0.39 is 5.97 Å². The first-order chi connectivity index (χ1) is 9.49. The van der Waals surface area contributed by atoms with Crippen LogP contribution in [0.1, 0.15) is 22.8 Å². The predicted molar refractivity (Wildman–Crippen MR) is 86.9 cm³/mol. The summed E-state index contributed by atoms with van der Waals surface area (Å²) < 4.78 is 5.85. The Bertz CT molecular complexity index is 671. The molecule has 0 unspecified atom stereocenters. The van der Waals surface area contributed by atoms with E-state index in [9.17, 15) is 9.59 Å². The van der Waals surface area contributed by atoms with Gasteiger partial charge in [0.15, 0.2) is 11.5 Å². The van der Waals surface area contributed by atoms with Crippen LogP contribution < -0.4 is 10.5 Å². The van der Waals surface area contributed by atoms with E-state index in [1.54, 1.807) is 42.5 Å². The summed E-state index contributed by atoms with van der Waals surface area (Å²) in [6.45, 7) is 1.28. The van der Waals surface area contributed by atoms with E-state index in [2.05, 4.69) is 15.9 Å². The molecule has 2 aromatic carbocycles. The zero-order chi connectivity index (χ0) is 14.7. The van der Waals surface area contributed by atoms with E-state index in [0.717, 1.165) is 4.47 Å². The summed E-state index contributed by atoms with van der Waals surface area (Å²) in [5.74, 6) is -0.505. The van der Waals surface area contributed by atoms with Crippen LogP contribution in [0.25, 0.3) is 0 Å². The molecule has 0 spiro atoms. The SMILES string of the molecule is CC(=O)Oc1cccc(C(=O)c2ccc(Br)cc2)c1N.[NaH]. The van der Waals surface area contributed by atoms with Crippen LogP contribution in [0.3, 0.4) is 0 Å². The van der Waals surface area contributed by atoms with Crippen molar-refractivity contribution in [1.29, 1.82) is 0 Å². The third-order valence-corrected chi connectivity index (χ3v) is 3.20. The number of nitrogens with two attached hydrogens (primary N) is 1. The van der Waals surface area contributed by atoms with Gasteiger partial charge in [0.1, 0.15) is 0 Å². The van der Waals surface area contributed by atoms with Gasteiger partial charge < -0.3 is 10.5 Å². The Morgan fingerprint density at radius 3 is 2.29 bits per heavy atom. The number of carbonyl (C=O) groups excluding carboxylic acids is 2. The molecule has 0 aliphatic heterocycles. The van der Waals surface area contributed by atoms with E-state index in [1.165, 1.54) is 6.92 Å². The number of carbonyl (C=O) groups is 2. The van der Waals surface area contributed by atoms with Crippen molar-refractivity contribution in [3.05, 3.63) is 58.1 Å². The monoisotopic (exact) mass is 357 g/mol. The van der Waals surface area contributed by atoms with E-state index in [1.807, 2.05) is 0 Å². The van der Waals surface area contributed by atoms with Crippen LogP contribution in [0.2, 0.25) is 0 Å². The molecule has 0 radical (unpaired) electrons. The first-order valence-corrected chi connectivity index (χ1v) is 6.65. The second-order valence-corrected chi connectivity index (χ2v) is 5.06. The number of hydrogen-bond acceptors (Lipinski definition) is 4. The third-order valence-electron chi connectivity index (χ3n) is 2.67. The molecule has 0 saturated heterocycles. The van der Waals surface area contributed by atoms with Crippen LogP contribution in [0.5, 0.6) is 5.75 Å². The second kappa shape index (κ2) is 7.75. The Morgan fingerprint density at radius 2 is 1.71 bits per heavy atom. The van der Waals surface area contributed by atoms with Crippen LogP contribution in [0.15, 0.2) is 46.9 Å².